The van der Waals surface area contributed by atoms with Crippen molar-refractivity contribution in [1.29, 1.82) is 0 Å². The number of aryl methyl sites for hydroxylation is 1. The number of rotatable bonds is 7. The number of nitrogens with one attached hydrogen (secondary N) is 1. The molecule has 0 spiro atoms. The van der Waals surface area contributed by atoms with Crippen LogP contribution in [0.1, 0.15) is 46.5 Å². The molecule has 1 N–H and O–H groups in total. The molecule has 2 aromatic carbocycles. The second-order valence-electron chi connectivity index (χ2n) is 9.91. The topological polar surface area (TPSA) is 109 Å². The van der Waals surface area contributed by atoms with Crippen molar-refractivity contribution in [1.82, 2.24) is 14.5 Å². The lowest BCUT2D eigenvalue weighted by molar-refractivity contribution is -0.146. The van der Waals surface area contributed by atoms with Crippen LogP contribution in [0.3, 0.4) is 0 Å². The molecule has 2 aromatic heterocycles. The maximum atomic E-state index is 13.9. The van der Waals surface area contributed by atoms with Crippen molar-refractivity contribution in [3.63, 3.8) is 0 Å². The Labute approximate surface area is 225 Å². The first kappa shape index (κ1) is 26.2. The molecule has 9 nitrogen and oxygen atoms in total. The van der Waals surface area contributed by atoms with Crippen LogP contribution in [0, 0.1) is 5.92 Å². The molecule has 0 aliphatic heterocycles. The Morgan fingerprint density at radius 2 is 1.62 bits per heavy atom. The third-order valence-corrected chi connectivity index (χ3v) is 7.67. The summed E-state index contributed by atoms with van der Waals surface area (Å²) in [7, 11) is 4.55. The minimum atomic E-state index is -0.405. The number of methoxy groups -OCH3 is 2. The standard InChI is InChI=1S/C30H31N3O6/c1-32-25-21-11-7-8-12-22(21)33(17-23(34)18-9-5-4-6-10-18)29(36)24(25)27(38-2)26(32)28(35)31-20-15-13-19(14-16-20)30(37)39-3/h4-12,19-20H,13-17H2,1-3H3,(H,31,35)/t19-,20-. The average molecular weight is 530 g/mol. The Hall–Kier alpha value is -4.40. The zero-order chi connectivity index (χ0) is 27.7. The molecule has 0 unspecified atom stereocenters. The van der Waals surface area contributed by atoms with E-state index in [2.05, 4.69) is 5.32 Å². The molecule has 1 aliphatic carbocycles. The number of ketones is 1. The monoisotopic (exact) mass is 529 g/mol. The first-order valence-corrected chi connectivity index (χ1v) is 13.0. The highest BCUT2D eigenvalue weighted by Crippen LogP contribution is 2.35. The number of ether oxygens (including phenoxy) is 2. The van der Waals surface area contributed by atoms with Crippen LogP contribution in [0.4, 0.5) is 0 Å². The number of carbonyl (C=O) groups excluding carboxylic acids is 3. The molecule has 1 aliphatic rings. The van der Waals surface area contributed by atoms with Crippen LogP contribution in [0.15, 0.2) is 59.4 Å². The molecule has 2 heterocycles. The van der Waals surface area contributed by atoms with Gasteiger partial charge in [-0.1, -0.05) is 48.5 Å². The Bertz CT molecular complexity index is 1630. The summed E-state index contributed by atoms with van der Waals surface area (Å²) in [5.74, 6) is -0.757. The Morgan fingerprint density at radius 1 is 0.949 bits per heavy atom. The highest BCUT2D eigenvalue weighted by molar-refractivity contribution is 6.12. The lowest BCUT2D eigenvalue weighted by atomic mass is 9.86. The van der Waals surface area contributed by atoms with Gasteiger partial charge in [0.1, 0.15) is 5.39 Å². The van der Waals surface area contributed by atoms with Crippen molar-refractivity contribution in [2.45, 2.75) is 38.3 Å². The fourth-order valence-electron chi connectivity index (χ4n) is 5.69. The van der Waals surface area contributed by atoms with Crippen LogP contribution in [-0.2, 0) is 23.1 Å². The summed E-state index contributed by atoms with van der Waals surface area (Å²) in [5, 5.41) is 4.05. The van der Waals surface area contributed by atoms with Gasteiger partial charge in [0.2, 0.25) is 0 Å². The second-order valence-corrected chi connectivity index (χ2v) is 9.91. The van der Waals surface area contributed by atoms with Gasteiger partial charge in [0, 0.05) is 24.0 Å². The first-order valence-electron chi connectivity index (χ1n) is 13.0. The van der Waals surface area contributed by atoms with E-state index in [4.69, 9.17) is 9.47 Å². The van der Waals surface area contributed by atoms with E-state index in [0.717, 1.165) is 5.39 Å². The van der Waals surface area contributed by atoms with Gasteiger partial charge >= 0.3 is 5.97 Å². The maximum absolute atomic E-state index is 13.9. The van der Waals surface area contributed by atoms with Crippen LogP contribution in [-0.4, -0.2) is 47.1 Å². The molecule has 5 rings (SSSR count). The van der Waals surface area contributed by atoms with Crippen LogP contribution in [0.2, 0.25) is 0 Å². The summed E-state index contributed by atoms with van der Waals surface area (Å²) in [6.45, 7) is -0.150. The summed E-state index contributed by atoms with van der Waals surface area (Å²) < 4.78 is 13.7. The summed E-state index contributed by atoms with van der Waals surface area (Å²) in [6.07, 6.45) is 2.56. The minimum absolute atomic E-state index is 0.113. The lowest BCUT2D eigenvalue weighted by Crippen LogP contribution is -2.39. The van der Waals surface area contributed by atoms with Crippen molar-refractivity contribution in [3.05, 3.63) is 76.2 Å². The fourth-order valence-corrected chi connectivity index (χ4v) is 5.69. The number of aromatic nitrogens is 2. The summed E-state index contributed by atoms with van der Waals surface area (Å²) >= 11 is 0. The number of benzene rings is 2. The van der Waals surface area contributed by atoms with Crippen LogP contribution in [0.5, 0.6) is 5.75 Å². The van der Waals surface area contributed by atoms with E-state index in [1.54, 1.807) is 41.9 Å². The van der Waals surface area contributed by atoms with Crippen molar-refractivity contribution in [3.8, 4) is 5.75 Å². The van der Waals surface area contributed by atoms with Gasteiger partial charge in [0.15, 0.2) is 17.2 Å². The number of nitrogens with zero attached hydrogens (tertiary/aromatic N) is 2. The number of hydrogen-bond acceptors (Lipinski definition) is 6. The molecule has 1 amide bonds. The van der Waals surface area contributed by atoms with Crippen LogP contribution in [0.25, 0.3) is 21.8 Å². The molecule has 0 atom stereocenters. The van der Waals surface area contributed by atoms with Gasteiger partial charge in [-0.25, -0.2) is 0 Å². The molecular weight excluding hydrogens is 498 g/mol. The van der Waals surface area contributed by atoms with Crippen molar-refractivity contribution >= 4 is 39.5 Å². The molecular formula is C30H31N3O6. The van der Waals surface area contributed by atoms with E-state index in [1.165, 1.54) is 18.8 Å². The number of carbonyl (C=O) groups is 3. The van der Waals surface area contributed by atoms with Crippen molar-refractivity contribution in [2.24, 2.45) is 13.0 Å². The second kappa shape index (κ2) is 10.8. The normalized spacial score (nSPS) is 17.2. The van der Waals surface area contributed by atoms with Gasteiger partial charge in [-0.05, 0) is 31.7 Å². The van der Waals surface area contributed by atoms with E-state index in [9.17, 15) is 19.2 Å². The van der Waals surface area contributed by atoms with E-state index < -0.39 is 5.56 Å². The molecule has 4 aromatic rings. The van der Waals surface area contributed by atoms with E-state index in [0.29, 0.717) is 42.3 Å². The number of Topliss-reactive ketones (excluding diaryl/α,β-unsaturated/α-hetero) is 1. The highest BCUT2D eigenvalue weighted by atomic mass is 16.5. The van der Waals surface area contributed by atoms with Crippen LogP contribution < -0.4 is 15.6 Å². The van der Waals surface area contributed by atoms with Crippen molar-refractivity contribution < 1.29 is 23.9 Å². The van der Waals surface area contributed by atoms with E-state index in [1.807, 2.05) is 24.3 Å². The van der Waals surface area contributed by atoms with Gasteiger partial charge in [0.25, 0.3) is 11.5 Å². The van der Waals surface area contributed by atoms with Gasteiger partial charge in [-0.15, -0.1) is 0 Å². The average Bonchev–Trinajstić information content (AvgIpc) is 3.28. The number of amides is 1. The minimum Gasteiger partial charge on any atom is -0.493 e. The molecule has 0 bridgehead atoms. The SMILES string of the molecule is COc1c(C(=O)N[C@H]2CC[C@H](C(=O)OC)CC2)n(C)c2c1c(=O)n(CC(=O)c1ccccc1)c1ccccc21. The molecule has 9 heteroatoms. The smallest absolute Gasteiger partial charge is 0.308 e. The largest absolute Gasteiger partial charge is 0.493 e. The summed E-state index contributed by atoms with van der Waals surface area (Å²) in [5.41, 5.74) is 1.50. The van der Waals surface area contributed by atoms with Gasteiger partial charge in [0.05, 0.1) is 37.7 Å². The molecule has 39 heavy (non-hydrogen) atoms. The fraction of sp³-hybridized carbons (Fsp3) is 0.333. The lowest BCUT2D eigenvalue weighted by Gasteiger charge is -2.27. The Balaban J connectivity index is 1.56. The number of hydrogen-bond donors (Lipinski definition) is 1. The maximum Gasteiger partial charge on any atom is 0.308 e. The molecule has 1 saturated carbocycles. The van der Waals surface area contributed by atoms with E-state index in [-0.39, 0.29) is 53.0 Å². The number of fused-ring (bicyclic) bond motifs is 3. The zero-order valence-corrected chi connectivity index (χ0v) is 22.2. The predicted molar refractivity (Wildman–Crippen MR) is 147 cm³/mol. The summed E-state index contributed by atoms with van der Waals surface area (Å²) in [4.78, 5) is 52.5. The molecule has 1 fully saturated rings. The predicted octanol–water partition coefficient (Wildman–Crippen LogP) is 3.85. The molecule has 0 radical (unpaired) electrons. The molecule has 202 valence electrons. The van der Waals surface area contributed by atoms with Gasteiger partial charge < -0.3 is 19.4 Å². The number of esters is 1. The van der Waals surface area contributed by atoms with Gasteiger partial charge in [-0.3, -0.25) is 23.7 Å². The van der Waals surface area contributed by atoms with Gasteiger partial charge in [-0.2, -0.15) is 0 Å². The molecule has 0 saturated heterocycles. The van der Waals surface area contributed by atoms with Crippen molar-refractivity contribution in [2.75, 3.05) is 14.2 Å². The third kappa shape index (κ3) is 4.69. The Morgan fingerprint density at radius 3 is 2.28 bits per heavy atom. The van der Waals surface area contributed by atoms with E-state index >= 15 is 0 Å². The number of pyridine rings is 1. The summed E-state index contributed by atoms with van der Waals surface area (Å²) in [6, 6.07) is 16.1. The zero-order valence-electron chi connectivity index (χ0n) is 22.2. The Kier molecular flexibility index (Phi) is 7.24. The number of para-hydroxylation sites is 1. The highest BCUT2D eigenvalue weighted by Gasteiger charge is 2.31. The quantitative estimate of drug-likeness (QED) is 0.288. The third-order valence-electron chi connectivity index (χ3n) is 7.67. The van der Waals surface area contributed by atoms with Crippen LogP contribution >= 0.6 is 0 Å². The first-order chi connectivity index (χ1) is 18.8.